The van der Waals surface area contributed by atoms with Crippen LogP contribution in [-0.4, -0.2) is 26.7 Å². The molecule has 0 aliphatic heterocycles. The van der Waals surface area contributed by atoms with Gasteiger partial charge < -0.3 is 10.2 Å². The second kappa shape index (κ2) is 7.76. The summed E-state index contributed by atoms with van der Waals surface area (Å²) >= 11 is 0. The van der Waals surface area contributed by atoms with Crippen LogP contribution in [0, 0.1) is 30.3 Å². The zero-order valence-corrected chi connectivity index (χ0v) is 16.7. The van der Waals surface area contributed by atoms with Crippen molar-refractivity contribution in [1.82, 2.24) is 4.57 Å². The van der Waals surface area contributed by atoms with Gasteiger partial charge in [0, 0.05) is 22.7 Å². The van der Waals surface area contributed by atoms with Crippen molar-refractivity contribution in [3.63, 3.8) is 0 Å². The third kappa shape index (κ3) is 3.36. The van der Waals surface area contributed by atoms with E-state index in [2.05, 4.69) is 0 Å². The number of benzene rings is 2. The van der Waals surface area contributed by atoms with Crippen molar-refractivity contribution in [2.75, 3.05) is 0 Å². The van der Waals surface area contributed by atoms with Gasteiger partial charge in [-0.15, -0.1) is 0 Å². The van der Waals surface area contributed by atoms with Crippen LogP contribution in [0.25, 0.3) is 10.9 Å². The molecule has 0 amide bonds. The number of nitrogens with zero attached hydrogens (tertiary/aromatic N) is 1. The van der Waals surface area contributed by atoms with Crippen molar-refractivity contribution in [3.05, 3.63) is 64.6 Å². The minimum absolute atomic E-state index is 0.0342. The van der Waals surface area contributed by atoms with Gasteiger partial charge in [0.25, 0.3) is 5.91 Å². The van der Waals surface area contributed by atoms with Crippen LogP contribution < -0.4 is 0 Å². The van der Waals surface area contributed by atoms with Gasteiger partial charge in [0.15, 0.2) is 17.4 Å². The number of phenolic OH excluding ortho intramolecular Hbond substituents is 1. The Morgan fingerprint density at radius 1 is 1.13 bits per heavy atom. The van der Waals surface area contributed by atoms with E-state index in [0.717, 1.165) is 35.6 Å². The number of carboxylic acids is 1. The molecular weight excluding hydrogens is 411 g/mol. The predicted molar refractivity (Wildman–Crippen MR) is 107 cm³/mol. The topological polar surface area (TPSA) is 79.5 Å². The summed E-state index contributed by atoms with van der Waals surface area (Å²) < 4.78 is 44.0. The number of hydrogen-bond donors (Lipinski definition) is 2. The molecule has 1 atom stereocenters. The predicted octanol–water partition coefficient (Wildman–Crippen LogP) is 5.12. The number of fused-ring (bicyclic) bond motifs is 1. The molecule has 31 heavy (non-hydrogen) atoms. The summed E-state index contributed by atoms with van der Waals surface area (Å²) in [6, 6.07) is 5.63. The number of aromatic hydroxyl groups is 1. The van der Waals surface area contributed by atoms with Gasteiger partial charge in [-0.2, -0.15) is 0 Å². The van der Waals surface area contributed by atoms with E-state index in [1.54, 1.807) is 0 Å². The number of carbonyl (C=O) groups excluding carboxylic acids is 1. The van der Waals surface area contributed by atoms with Crippen LogP contribution in [0.1, 0.15) is 53.2 Å². The number of phenols is 1. The van der Waals surface area contributed by atoms with Crippen molar-refractivity contribution >= 4 is 22.8 Å². The monoisotopic (exact) mass is 431 g/mol. The molecule has 1 saturated carbocycles. The van der Waals surface area contributed by atoms with Gasteiger partial charge in [-0.05, 0) is 49.4 Å². The Morgan fingerprint density at radius 3 is 2.42 bits per heavy atom. The van der Waals surface area contributed by atoms with Crippen LogP contribution in [0.5, 0.6) is 5.75 Å². The molecule has 162 valence electrons. The first-order chi connectivity index (χ1) is 14.7. The lowest BCUT2D eigenvalue weighted by atomic mass is 9.83. The maximum absolute atomic E-state index is 15.1. The molecule has 5 nitrogen and oxygen atoms in total. The minimum atomic E-state index is -1.32. The maximum Gasteiger partial charge on any atom is 0.311 e. The van der Waals surface area contributed by atoms with Gasteiger partial charge in [0.2, 0.25) is 0 Å². The van der Waals surface area contributed by atoms with E-state index < -0.39 is 41.0 Å². The minimum Gasteiger partial charge on any atom is -0.503 e. The smallest absolute Gasteiger partial charge is 0.311 e. The second-order valence-electron chi connectivity index (χ2n) is 7.93. The first-order valence-electron chi connectivity index (χ1n) is 9.97. The zero-order valence-electron chi connectivity index (χ0n) is 16.7. The van der Waals surface area contributed by atoms with Crippen LogP contribution in [0.15, 0.2) is 30.3 Å². The van der Waals surface area contributed by atoms with E-state index in [0.29, 0.717) is 12.8 Å². The van der Waals surface area contributed by atoms with E-state index in [4.69, 9.17) is 0 Å². The average Bonchev–Trinajstić information content (AvgIpc) is 3.33. The van der Waals surface area contributed by atoms with Gasteiger partial charge in [-0.25, -0.2) is 13.2 Å². The Labute approximate surface area is 175 Å². The molecule has 0 bridgehead atoms. The number of carbonyl (C=O) groups is 2. The van der Waals surface area contributed by atoms with E-state index in [-0.39, 0.29) is 33.6 Å². The number of aliphatic carboxylic acids is 1. The first kappa shape index (κ1) is 21.0. The summed E-state index contributed by atoms with van der Waals surface area (Å²) in [4.78, 5) is 25.4. The van der Waals surface area contributed by atoms with Gasteiger partial charge in [-0.1, -0.05) is 18.9 Å². The molecule has 8 heteroatoms. The van der Waals surface area contributed by atoms with Crippen molar-refractivity contribution in [1.29, 1.82) is 0 Å². The van der Waals surface area contributed by atoms with E-state index in [9.17, 15) is 28.6 Å². The quantitative estimate of drug-likeness (QED) is 0.601. The SMILES string of the molecule is Cc1c(C(C(=O)O)C2CCCC2)c2c(F)c(O)c(F)cc2n1C(=O)c1cccc(F)c1. The molecule has 0 radical (unpaired) electrons. The Morgan fingerprint density at radius 2 is 1.81 bits per heavy atom. The van der Waals surface area contributed by atoms with Crippen LogP contribution >= 0.6 is 0 Å². The van der Waals surface area contributed by atoms with Crippen molar-refractivity contribution in [2.45, 2.75) is 38.5 Å². The maximum atomic E-state index is 15.1. The second-order valence-corrected chi connectivity index (χ2v) is 7.93. The van der Waals surface area contributed by atoms with Gasteiger partial charge in [0.1, 0.15) is 5.82 Å². The van der Waals surface area contributed by atoms with Crippen molar-refractivity contribution in [3.8, 4) is 5.75 Å². The summed E-state index contributed by atoms with van der Waals surface area (Å²) in [5.41, 5.74) is -0.119. The fourth-order valence-corrected chi connectivity index (χ4v) is 4.76. The Kier molecular flexibility index (Phi) is 5.24. The number of rotatable bonds is 4. The molecule has 0 saturated heterocycles. The zero-order chi connectivity index (χ0) is 22.4. The Hall–Kier alpha value is -3.29. The largest absolute Gasteiger partial charge is 0.503 e. The molecular formula is C23H20F3NO4. The van der Waals surface area contributed by atoms with Crippen LogP contribution in [-0.2, 0) is 4.79 Å². The van der Waals surface area contributed by atoms with Gasteiger partial charge >= 0.3 is 5.97 Å². The summed E-state index contributed by atoms with van der Waals surface area (Å²) in [7, 11) is 0. The lowest BCUT2D eigenvalue weighted by Crippen LogP contribution is -2.21. The normalized spacial score (nSPS) is 15.5. The molecule has 3 aromatic rings. The molecule has 2 aromatic carbocycles. The summed E-state index contributed by atoms with van der Waals surface area (Å²) in [5, 5.41) is 19.5. The Balaban J connectivity index is 2.05. The van der Waals surface area contributed by atoms with E-state index >= 15 is 4.39 Å². The summed E-state index contributed by atoms with van der Waals surface area (Å²) in [6.07, 6.45) is 2.90. The molecule has 1 aliphatic carbocycles. The summed E-state index contributed by atoms with van der Waals surface area (Å²) in [5.74, 6) is -7.86. The highest BCUT2D eigenvalue weighted by Gasteiger charge is 2.38. The highest BCUT2D eigenvalue weighted by atomic mass is 19.1. The Bertz CT molecular complexity index is 1210. The molecule has 4 rings (SSSR count). The molecule has 0 spiro atoms. The van der Waals surface area contributed by atoms with E-state index in [1.165, 1.54) is 19.1 Å². The number of carboxylic acid groups (broad SMARTS) is 1. The average molecular weight is 431 g/mol. The van der Waals surface area contributed by atoms with Crippen LogP contribution in [0.2, 0.25) is 0 Å². The molecule has 2 N–H and O–H groups in total. The molecule has 1 aliphatic rings. The fourth-order valence-electron chi connectivity index (χ4n) is 4.76. The number of hydrogen-bond acceptors (Lipinski definition) is 3. The van der Waals surface area contributed by atoms with Crippen molar-refractivity contribution in [2.24, 2.45) is 5.92 Å². The third-order valence-corrected chi connectivity index (χ3v) is 6.13. The standard InChI is InChI=1S/C23H20F3NO4/c1-11-17(18(23(30)31)12-5-2-3-6-12)19-16(10-15(25)21(28)20(19)26)27(11)22(29)13-7-4-8-14(24)9-13/h4,7-10,12,18,28H,2-3,5-6H2,1H3,(H,30,31). The van der Waals surface area contributed by atoms with E-state index in [1.807, 2.05) is 0 Å². The fraction of sp³-hybridized carbons (Fsp3) is 0.304. The molecule has 1 fully saturated rings. The van der Waals surface area contributed by atoms with Crippen molar-refractivity contribution < 1.29 is 33.0 Å². The highest BCUT2D eigenvalue weighted by molar-refractivity contribution is 6.05. The number of aromatic nitrogens is 1. The lowest BCUT2D eigenvalue weighted by molar-refractivity contribution is -0.140. The molecule has 1 aromatic heterocycles. The lowest BCUT2D eigenvalue weighted by Gasteiger charge is -2.20. The number of halogens is 3. The van der Waals surface area contributed by atoms with Crippen LogP contribution in [0.4, 0.5) is 13.2 Å². The highest BCUT2D eigenvalue weighted by Crippen LogP contribution is 2.45. The first-order valence-corrected chi connectivity index (χ1v) is 9.97. The molecule has 1 heterocycles. The van der Waals surface area contributed by atoms with Gasteiger partial charge in [-0.3, -0.25) is 14.2 Å². The third-order valence-electron chi connectivity index (χ3n) is 6.13. The summed E-state index contributed by atoms with van der Waals surface area (Å²) in [6.45, 7) is 1.45. The van der Waals surface area contributed by atoms with Gasteiger partial charge in [0.05, 0.1) is 11.4 Å². The molecule has 1 unspecified atom stereocenters. The van der Waals surface area contributed by atoms with Crippen LogP contribution in [0.3, 0.4) is 0 Å².